The number of carbonyl (C=O) groups excluding carboxylic acids is 2. The molecule has 0 spiro atoms. The van der Waals surface area contributed by atoms with Crippen LogP contribution in [0.1, 0.15) is 27.2 Å². The van der Waals surface area contributed by atoms with Crippen molar-refractivity contribution < 1.29 is 14.3 Å². The van der Waals surface area contributed by atoms with Gasteiger partial charge in [-0.3, -0.25) is 9.59 Å². The number of likely N-dealkylation sites (N-methyl/N-ethyl adjacent to an activating group) is 1. The third-order valence-corrected chi connectivity index (χ3v) is 1.83. The molecular formula is C10H19NO3. The predicted octanol–water partition coefficient (Wildman–Crippen LogP) is 0.751. The molecule has 0 fully saturated rings. The van der Waals surface area contributed by atoms with Gasteiger partial charge in [-0.1, -0.05) is 13.8 Å². The standard InChI is InChI=1S/C10H19NO3/c1-7(2)5-9(11-4)10(13)14-8(3)6-12/h6-9,11H,5H2,1-4H3/t8-,9+/m1/s1. The fraction of sp³-hybridized carbons (Fsp3) is 0.800. The lowest BCUT2D eigenvalue weighted by molar-refractivity contribution is -0.153. The van der Waals surface area contributed by atoms with Crippen molar-refractivity contribution in [1.82, 2.24) is 5.32 Å². The van der Waals surface area contributed by atoms with E-state index in [-0.39, 0.29) is 12.0 Å². The van der Waals surface area contributed by atoms with Gasteiger partial charge in [0.1, 0.15) is 6.04 Å². The first kappa shape index (κ1) is 13.1. The van der Waals surface area contributed by atoms with Crippen LogP contribution < -0.4 is 5.32 Å². The Hall–Kier alpha value is -0.900. The number of carbonyl (C=O) groups is 2. The Labute approximate surface area is 85.0 Å². The largest absolute Gasteiger partial charge is 0.454 e. The molecular weight excluding hydrogens is 182 g/mol. The highest BCUT2D eigenvalue weighted by atomic mass is 16.5. The van der Waals surface area contributed by atoms with Crippen molar-refractivity contribution in [3.8, 4) is 0 Å². The number of ether oxygens (including phenoxy) is 1. The van der Waals surface area contributed by atoms with Crippen molar-refractivity contribution in [2.75, 3.05) is 7.05 Å². The molecule has 1 N–H and O–H groups in total. The van der Waals surface area contributed by atoms with Gasteiger partial charge in [0, 0.05) is 0 Å². The van der Waals surface area contributed by atoms with Gasteiger partial charge in [0.25, 0.3) is 0 Å². The number of nitrogens with one attached hydrogen (secondary N) is 1. The molecule has 82 valence electrons. The van der Waals surface area contributed by atoms with Gasteiger partial charge in [0.05, 0.1) is 0 Å². The van der Waals surface area contributed by atoms with Crippen LogP contribution in [0.25, 0.3) is 0 Å². The summed E-state index contributed by atoms with van der Waals surface area (Å²) in [5.41, 5.74) is 0. The Morgan fingerprint density at radius 3 is 2.36 bits per heavy atom. The van der Waals surface area contributed by atoms with E-state index < -0.39 is 6.10 Å². The maximum Gasteiger partial charge on any atom is 0.323 e. The highest BCUT2D eigenvalue weighted by Gasteiger charge is 2.20. The van der Waals surface area contributed by atoms with Gasteiger partial charge in [0.15, 0.2) is 12.4 Å². The quantitative estimate of drug-likeness (QED) is 0.509. The zero-order chi connectivity index (χ0) is 11.1. The molecule has 4 heteroatoms. The van der Waals surface area contributed by atoms with E-state index in [0.717, 1.165) is 0 Å². The van der Waals surface area contributed by atoms with E-state index in [1.165, 1.54) is 0 Å². The molecule has 0 bridgehead atoms. The molecule has 0 aliphatic carbocycles. The molecule has 0 saturated heterocycles. The Kier molecular flexibility index (Phi) is 6.12. The molecule has 0 amide bonds. The van der Waals surface area contributed by atoms with Crippen LogP contribution in [0.15, 0.2) is 0 Å². The van der Waals surface area contributed by atoms with Crippen LogP contribution in [0.3, 0.4) is 0 Å². The predicted molar refractivity (Wildman–Crippen MR) is 53.9 cm³/mol. The fourth-order valence-electron chi connectivity index (χ4n) is 1.10. The first-order valence-corrected chi connectivity index (χ1v) is 4.84. The summed E-state index contributed by atoms with van der Waals surface area (Å²) in [7, 11) is 1.71. The van der Waals surface area contributed by atoms with Crippen LogP contribution in [0.5, 0.6) is 0 Å². The Balaban J connectivity index is 4.10. The second kappa shape index (κ2) is 6.54. The maximum atomic E-state index is 11.4. The van der Waals surface area contributed by atoms with Crippen molar-refractivity contribution in [1.29, 1.82) is 0 Å². The normalized spacial score (nSPS) is 14.9. The minimum Gasteiger partial charge on any atom is -0.454 e. The lowest BCUT2D eigenvalue weighted by atomic mass is 10.0. The number of aldehydes is 1. The van der Waals surface area contributed by atoms with Crippen LogP contribution in [0, 0.1) is 5.92 Å². The lowest BCUT2D eigenvalue weighted by Crippen LogP contribution is -2.38. The van der Waals surface area contributed by atoms with Crippen molar-refractivity contribution >= 4 is 12.3 Å². The molecule has 0 aromatic carbocycles. The highest BCUT2D eigenvalue weighted by Crippen LogP contribution is 2.06. The van der Waals surface area contributed by atoms with E-state index in [0.29, 0.717) is 18.6 Å². The maximum absolute atomic E-state index is 11.4. The van der Waals surface area contributed by atoms with Gasteiger partial charge in [-0.2, -0.15) is 0 Å². The first-order chi connectivity index (χ1) is 6.51. The monoisotopic (exact) mass is 201 g/mol. The summed E-state index contributed by atoms with van der Waals surface area (Å²) in [6.07, 6.45) is 0.659. The van der Waals surface area contributed by atoms with E-state index in [1.54, 1.807) is 14.0 Å². The SMILES string of the molecule is CN[C@@H](CC(C)C)C(=O)O[C@H](C)C=O. The molecule has 0 rings (SSSR count). The molecule has 0 aliphatic rings. The van der Waals surface area contributed by atoms with Gasteiger partial charge in [-0.05, 0) is 26.3 Å². The average Bonchev–Trinajstić information content (AvgIpc) is 2.13. The van der Waals surface area contributed by atoms with Gasteiger partial charge < -0.3 is 10.1 Å². The summed E-state index contributed by atoms with van der Waals surface area (Å²) in [5, 5.41) is 2.87. The zero-order valence-corrected chi connectivity index (χ0v) is 9.24. The van der Waals surface area contributed by atoms with Crippen LogP contribution in [-0.2, 0) is 14.3 Å². The van der Waals surface area contributed by atoms with Gasteiger partial charge in [0.2, 0.25) is 0 Å². The van der Waals surface area contributed by atoms with Crippen LogP contribution >= 0.6 is 0 Å². The minimum atomic E-state index is -0.662. The fourth-order valence-corrected chi connectivity index (χ4v) is 1.10. The molecule has 0 aliphatic heterocycles. The second-order valence-electron chi connectivity index (χ2n) is 3.75. The third-order valence-electron chi connectivity index (χ3n) is 1.83. The molecule has 0 radical (unpaired) electrons. The number of rotatable bonds is 6. The molecule has 2 atom stereocenters. The summed E-state index contributed by atoms with van der Waals surface area (Å²) in [4.78, 5) is 21.7. The summed E-state index contributed by atoms with van der Waals surface area (Å²) < 4.78 is 4.88. The van der Waals surface area contributed by atoms with Crippen LogP contribution in [-0.4, -0.2) is 31.4 Å². The van der Waals surface area contributed by atoms with E-state index >= 15 is 0 Å². The minimum absolute atomic E-state index is 0.322. The second-order valence-corrected chi connectivity index (χ2v) is 3.75. The molecule has 0 saturated carbocycles. The third kappa shape index (κ3) is 4.97. The van der Waals surface area contributed by atoms with Crippen molar-refractivity contribution in [3.63, 3.8) is 0 Å². The molecule has 0 aromatic rings. The van der Waals surface area contributed by atoms with E-state index in [2.05, 4.69) is 5.32 Å². The number of esters is 1. The first-order valence-electron chi connectivity index (χ1n) is 4.84. The van der Waals surface area contributed by atoms with Gasteiger partial charge in [-0.25, -0.2) is 0 Å². The molecule has 4 nitrogen and oxygen atoms in total. The Bertz CT molecular complexity index is 192. The summed E-state index contributed by atoms with van der Waals surface area (Å²) >= 11 is 0. The topological polar surface area (TPSA) is 55.4 Å². The van der Waals surface area contributed by atoms with Gasteiger partial charge >= 0.3 is 5.97 Å². The number of hydrogen-bond acceptors (Lipinski definition) is 4. The van der Waals surface area contributed by atoms with Gasteiger partial charge in [-0.15, -0.1) is 0 Å². The Morgan fingerprint density at radius 2 is 2.00 bits per heavy atom. The van der Waals surface area contributed by atoms with Crippen LogP contribution in [0.4, 0.5) is 0 Å². The van der Waals surface area contributed by atoms with Crippen molar-refractivity contribution in [3.05, 3.63) is 0 Å². The molecule has 0 unspecified atom stereocenters. The van der Waals surface area contributed by atoms with Crippen LogP contribution in [0.2, 0.25) is 0 Å². The van der Waals surface area contributed by atoms with E-state index in [1.807, 2.05) is 13.8 Å². The zero-order valence-electron chi connectivity index (χ0n) is 9.24. The summed E-state index contributed by atoms with van der Waals surface area (Å²) in [6, 6.07) is -0.322. The van der Waals surface area contributed by atoms with Crippen molar-refractivity contribution in [2.45, 2.75) is 39.3 Å². The van der Waals surface area contributed by atoms with E-state index in [9.17, 15) is 9.59 Å². The Morgan fingerprint density at radius 1 is 1.43 bits per heavy atom. The van der Waals surface area contributed by atoms with Crippen molar-refractivity contribution in [2.24, 2.45) is 5.92 Å². The number of hydrogen-bond donors (Lipinski definition) is 1. The molecule has 0 aromatic heterocycles. The summed E-state index contributed by atoms with van der Waals surface area (Å²) in [5.74, 6) is 0.0485. The average molecular weight is 201 g/mol. The molecule has 0 heterocycles. The van der Waals surface area contributed by atoms with E-state index in [4.69, 9.17) is 4.74 Å². The molecule has 14 heavy (non-hydrogen) atoms. The lowest BCUT2D eigenvalue weighted by Gasteiger charge is -2.18. The highest BCUT2D eigenvalue weighted by molar-refractivity contribution is 5.77. The summed E-state index contributed by atoms with van der Waals surface area (Å²) in [6.45, 7) is 5.61. The smallest absolute Gasteiger partial charge is 0.323 e.